The first-order valence-corrected chi connectivity index (χ1v) is 15.2. The number of benzene rings is 2. The predicted molar refractivity (Wildman–Crippen MR) is 162 cm³/mol. The molecule has 44 heavy (non-hydrogen) atoms. The van der Waals surface area contributed by atoms with E-state index < -0.39 is 5.97 Å². The summed E-state index contributed by atoms with van der Waals surface area (Å²) in [5, 5.41) is 19.1. The van der Waals surface area contributed by atoms with Crippen LogP contribution in [0.3, 0.4) is 0 Å². The maximum atomic E-state index is 11.7. The molecule has 2 unspecified atom stereocenters. The third-order valence-corrected chi connectivity index (χ3v) is 9.58. The minimum absolute atomic E-state index is 0.0433. The Morgan fingerprint density at radius 2 is 2.11 bits per heavy atom. The second-order valence-electron chi connectivity index (χ2n) is 11.9. The largest absolute Gasteiger partial charge is 0.496 e. The molecule has 0 bridgehead atoms. The number of aromatic nitrogens is 3. The molecule has 3 atom stereocenters. The number of ether oxygens (including phenoxy) is 3. The fourth-order valence-electron chi connectivity index (χ4n) is 6.64. The zero-order chi connectivity index (χ0) is 30.4. The molecule has 1 saturated carbocycles. The number of nitriles is 1. The van der Waals surface area contributed by atoms with E-state index >= 15 is 0 Å². The van der Waals surface area contributed by atoms with Gasteiger partial charge in [0.15, 0.2) is 0 Å². The molecule has 3 fully saturated rings. The van der Waals surface area contributed by atoms with Gasteiger partial charge in [-0.1, -0.05) is 23.7 Å². The molecular weight excluding hydrogens is 582 g/mol. The van der Waals surface area contributed by atoms with Gasteiger partial charge in [0.05, 0.1) is 59.7 Å². The Hall–Kier alpha value is -4.17. The van der Waals surface area contributed by atoms with Gasteiger partial charge in [0.25, 0.3) is 0 Å². The summed E-state index contributed by atoms with van der Waals surface area (Å²) < 4.78 is 19.3. The average molecular weight is 614 g/mol. The van der Waals surface area contributed by atoms with Gasteiger partial charge < -0.3 is 23.9 Å². The number of carbonyl (C=O) groups is 1. The summed E-state index contributed by atoms with van der Waals surface area (Å²) in [5.74, 6) is 1.53. The molecule has 3 aliphatic rings. The summed E-state index contributed by atoms with van der Waals surface area (Å²) in [6.07, 6.45) is 3.11. The number of nitrogens with zero attached hydrogens (tertiary/aromatic N) is 5. The van der Waals surface area contributed by atoms with E-state index in [4.69, 9.17) is 41.0 Å². The number of fused-ring (bicyclic) bond motifs is 2. The number of aromatic carboxylic acids is 1. The molecule has 226 valence electrons. The van der Waals surface area contributed by atoms with Crippen LogP contribution in [0.15, 0.2) is 48.5 Å². The molecule has 1 aliphatic carbocycles. The van der Waals surface area contributed by atoms with Crippen molar-refractivity contribution in [1.82, 2.24) is 19.4 Å². The normalized spacial score (nSPS) is 22.6. The molecule has 0 radical (unpaired) electrons. The summed E-state index contributed by atoms with van der Waals surface area (Å²) in [5.41, 5.74) is 4.01. The Kier molecular flexibility index (Phi) is 7.41. The average Bonchev–Trinajstić information content (AvgIpc) is 3.65. The summed E-state index contributed by atoms with van der Waals surface area (Å²) >= 11 is 6.51. The third kappa shape index (κ3) is 5.25. The van der Waals surface area contributed by atoms with Crippen LogP contribution in [0.25, 0.3) is 11.0 Å². The molecule has 2 saturated heterocycles. The van der Waals surface area contributed by atoms with Crippen molar-refractivity contribution in [2.45, 2.75) is 50.5 Å². The Morgan fingerprint density at radius 3 is 2.84 bits per heavy atom. The Bertz CT molecular complexity index is 1800. The van der Waals surface area contributed by atoms with Crippen molar-refractivity contribution in [3.05, 3.63) is 81.8 Å². The smallest absolute Gasteiger partial charge is 0.335 e. The second kappa shape index (κ2) is 11.4. The van der Waals surface area contributed by atoms with E-state index in [2.05, 4.69) is 21.6 Å². The van der Waals surface area contributed by atoms with Gasteiger partial charge in [-0.05, 0) is 62.1 Å². The Balaban J connectivity index is 1.05. The SMILES string of the molecule is COc1cc(C#N)ccc1COc1cccc(C23CCN(Cc4nc5c(Cl)cc(C(=O)O)cc5n4C[C@@H]4CCO4)CC2C3)n1. The third-order valence-electron chi connectivity index (χ3n) is 9.29. The highest BCUT2D eigenvalue weighted by atomic mass is 35.5. The molecule has 0 spiro atoms. The zero-order valence-corrected chi connectivity index (χ0v) is 25.1. The predicted octanol–water partition coefficient (Wildman–Crippen LogP) is 5.19. The van der Waals surface area contributed by atoms with E-state index in [0.29, 0.717) is 53.3 Å². The number of hydrogen-bond donors (Lipinski definition) is 1. The van der Waals surface area contributed by atoms with Crippen LogP contribution in [0.1, 0.15) is 52.3 Å². The lowest BCUT2D eigenvalue weighted by atomic mass is 9.91. The Labute approximate surface area is 259 Å². The number of piperidine rings is 1. The van der Waals surface area contributed by atoms with E-state index in [9.17, 15) is 9.90 Å². The number of likely N-dealkylation sites (tertiary alicyclic amines) is 1. The van der Waals surface area contributed by atoms with Crippen LogP contribution in [0.4, 0.5) is 0 Å². The molecule has 2 aliphatic heterocycles. The fourth-order valence-corrected chi connectivity index (χ4v) is 6.90. The molecule has 4 aromatic rings. The van der Waals surface area contributed by atoms with Gasteiger partial charge in [0.1, 0.15) is 23.7 Å². The van der Waals surface area contributed by atoms with Crippen LogP contribution in [0, 0.1) is 17.2 Å². The highest BCUT2D eigenvalue weighted by Gasteiger charge is 2.58. The molecular formula is C33H32ClN5O5. The molecule has 1 N–H and O–H groups in total. The van der Waals surface area contributed by atoms with E-state index in [1.807, 2.05) is 18.2 Å². The lowest BCUT2D eigenvalue weighted by Crippen LogP contribution is -2.37. The van der Waals surface area contributed by atoms with E-state index in [0.717, 1.165) is 61.6 Å². The summed E-state index contributed by atoms with van der Waals surface area (Å²) in [4.78, 5) is 24.0. The molecule has 10 nitrogen and oxygen atoms in total. The monoisotopic (exact) mass is 613 g/mol. The number of halogens is 1. The van der Waals surface area contributed by atoms with Crippen molar-refractivity contribution in [1.29, 1.82) is 5.26 Å². The number of carboxylic acid groups (broad SMARTS) is 1. The number of imidazole rings is 1. The van der Waals surface area contributed by atoms with Crippen LogP contribution in [-0.4, -0.2) is 63.4 Å². The van der Waals surface area contributed by atoms with Crippen LogP contribution in [0.2, 0.25) is 5.02 Å². The highest BCUT2D eigenvalue weighted by molar-refractivity contribution is 6.35. The van der Waals surface area contributed by atoms with Crippen LogP contribution < -0.4 is 9.47 Å². The second-order valence-corrected chi connectivity index (χ2v) is 12.3. The quantitative estimate of drug-likeness (QED) is 0.257. The number of hydrogen-bond acceptors (Lipinski definition) is 8. The van der Waals surface area contributed by atoms with Gasteiger partial charge in [-0.2, -0.15) is 5.26 Å². The topological polar surface area (TPSA) is 123 Å². The minimum Gasteiger partial charge on any atom is -0.496 e. The van der Waals surface area contributed by atoms with Crippen molar-refractivity contribution in [3.8, 4) is 17.7 Å². The molecule has 4 heterocycles. The molecule has 11 heteroatoms. The van der Waals surface area contributed by atoms with Crippen molar-refractivity contribution >= 4 is 28.6 Å². The summed E-state index contributed by atoms with van der Waals surface area (Å²) in [6.45, 7) is 4.12. The lowest BCUT2D eigenvalue weighted by molar-refractivity contribution is -0.0592. The Morgan fingerprint density at radius 1 is 1.25 bits per heavy atom. The van der Waals surface area contributed by atoms with Gasteiger partial charge >= 0.3 is 5.97 Å². The van der Waals surface area contributed by atoms with Gasteiger partial charge in [-0.25, -0.2) is 14.8 Å². The number of pyridine rings is 1. The van der Waals surface area contributed by atoms with E-state index in [1.54, 1.807) is 25.3 Å². The standard InChI is InChI=1S/C33H32ClN5O5/c1-42-27-11-20(15-35)5-6-21(27)19-44-30-4-2-3-28(36-30)33-8-9-38(16-23(33)14-33)18-29-37-31-25(34)12-22(32(40)41)13-26(31)39(29)17-24-7-10-43-24/h2-6,11-13,23-24H,7-10,14,16-19H2,1H3,(H,40,41)/t23?,24-,33?/m0/s1. The fraction of sp³-hybridized carbons (Fsp3) is 0.394. The van der Waals surface area contributed by atoms with Crippen molar-refractivity contribution < 1.29 is 24.1 Å². The first-order chi connectivity index (χ1) is 21.4. The van der Waals surface area contributed by atoms with Crippen molar-refractivity contribution in [2.24, 2.45) is 5.92 Å². The summed E-state index contributed by atoms with van der Waals surface area (Å²) in [6, 6.07) is 16.6. The summed E-state index contributed by atoms with van der Waals surface area (Å²) in [7, 11) is 1.58. The van der Waals surface area contributed by atoms with Crippen LogP contribution in [0.5, 0.6) is 11.6 Å². The van der Waals surface area contributed by atoms with Crippen molar-refractivity contribution in [2.75, 3.05) is 26.8 Å². The first-order valence-electron chi connectivity index (χ1n) is 14.8. The minimum atomic E-state index is -1.01. The zero-order valence-electron chi connectivity index (χ0n) is 24.3. The number of rotatable bonds is 10. The van der Waals surface area contributed by atoms with Crippen LogP contribution >= 0.6 is 11.6 Å². The van der Waals surface area contributed by atoms with Gasteiger partial charge in [0, 0.05) is 30.2 Å². The van der Waals surface area contributed by atoms with Crippen molar-refractivity contribution in [3.63, 3.8) is 0 Å². The maximum Gasteiger partial charge on any atom is 0.335 e. The highest BCUT2D eigenvalue weighted by Crippen LogP contribution is 2.59. The lowest BCUT2D eigenvalue weighted by Gasteiger charge is -2.32. The van der Waals surface area contributed by atoms with Gasteiger partial charge in [-0.3, -0.25) is 4.90 Å². The maximum absolute atomic E-state index is 11.7. The van der Waals surface area contributed by atoms with E-state index in [1.165, 1.54) is 6.07 Å². The van der Waals surface area contributed by atoms with E-state index in [-0.39, 0.29) is 17.1 Å². The van der Waals surface area contributed by atoms with Gasteiger partial charge in [-0.15, -0.1) is 0 Å². The van der Waals surface area contributed by atoms with Crippen LogP contribution in [-0.2, 0) is 29.8 Å². The van der Waals surface area contributed by atoms with Gasteiger partial charge in [0.2, 0.25) is 5.88 Å². The number of carboxylic acids is 1. The molecule has 2 aromatic heterocycles. The number of methoxy groups -OCH3 is 1. The molecule has 7 rings (SSSR count). The first kappa shape index (κ1) is 28.6. The molecule has 2 aromatic carbocycles. The molecule has 0 amide bonds.